The molecule has 43 heavy (non-hydrogen) atoms. The summed E-state index contributed by atoms with van der Waals surface area (Å²) in [6, 6.07) is 11.4. The number of nitrogens with zero attached hydrogens (tertiary/aromatic N) is 5. The van der Waals surface area contributed by atoms with E-state index in [4.69, 9.17) is 16.6 Å². The fourth-order valence-corrected chi connectivity index (χ4v) is 7.25. The highest BCUT2D eigenvalue weighted by molar-refractivity contribution is 6.47. The Morgan fingerprint density at radius 1 is 1.16 bits per heavy atom. The molecule has 2 aromatic carbocycles. The highest BCUT2D eigenvalue weighted by Crippen LogP contribution is 2.53. The lowest BCUT2D eigenvalue weighted by atomic mass is 9.75. The minimum atomic E-state index is -0.738. The van der Waals surface area contributed by atoms with Gasteiger partial charge in [-0.25, -0.2) is 4.39 Å². The van der Waals surface area contributed by atoms with Crippen LogP contribution in [0.5, 0.6) is 0 Å². The Morgan fingerprint density at radius 2 is 1.88 bits per heavy atom. The van der Waals surface area contributed by atoms with Crippen molar-refractivity contribution in [1.29, 1.82) is 0 Å². The van der Waals surface area contributed by atoms with Gasteiger partial charge in [-0.3, -0.25) is 14.6 Å². The van der Waals surface area contributed by atoms with E-state index in [-0.39, 0.29) is 40.6 Å². The van der Waals surface area contributed by atoms with Crippen LogP contribution in [-0.4, -0.2) is 48.7 Å². The average molecular weight is 606 g/mol. The van der Waals surface area contributed by atoms with Gasteiger partial charge in [-0.15, -0.1) is 10.2 Å². The van der Waals surface area contributed by atoms with E-state index < -0.39 is 11.5 Å². The van der Waals surface area contributed by atoms with Gasteiger partial charge in [-0.2, -0.15) is 5.21 Å². The number of amides is 2. The van der Waals surface area contributed by atoms with Gasteiger partial charge in [0.25, 0.3) is 11.8 Å². The number of carbonyl (C=O) groups excluding carboxylic acids is 2. The molecule has 1 aromatic heterocycles. The first kappa shape index (κ1) is 29.4. The molecular weight excluding hydrogens is 569 g/mol. The number of rotatable bonds is 9. The van der Waals surface area contributed by atoms with E-state index in [0.29, 0.717) is 28.8 Å². The Balaban J connectivity index is 1.35. The zero-order chi connectivity index (χ0) is 30.4. The summed E-state index contributed by atoms with van der Waals surface area (Å²) in [6.07, 6.45) is 6.63. The van der Waals surface area contributed by atoms with Gasteiger partial charge in [-0.1, -0.05) is 49.7 Å². The fourth-order valence-electron chi connectivity index (χ4n) is 7.03. The van der Waals surface area contributed by atoms with Crippen molar-refractivity contribution in [2.75, 3.05) is 0 Å². The monoisotopic (exact) mass is 605 g/mol. The fraction of sp³-hybridized carbons (Fsp3) is 0.500. The highest BCUT2D eigenvalue weighted by atomic mass is 35.5. The van der Waals surface area contributed by atoms with Crippen LogP contribution in [0.1, 0.15) is 99.1 Å². The lowest BCUT2D eigenvalue weighted by Crippen LogP contribution is -2.52. The maximum absolute atomic E-state index is 14.5. The number of aliphatic imine (C=N–C) groups is 1. The van der Waals surface area contributed by atoms with Crippen LogP contribution in [0.25, 0.3) is 0 Å². The molecule has 3 aliphatic rings. The largest absolute Gasteiger partial charge is 0.345 e. The molecule has 2 amide bonds. The minimum Gasteiger partial charge on any atom is -0.345 e. The Hall–Kier alpha value is -3.66. The molecule has 2 heterocycles. The first-order chi connectivity index (χ1) is 20.5. The predicted molar refractivity (Wildman–Crippen MR) is 161 cm³/mol. The zero-order valence-corrected chi connectivity index (χ0v) is 25.5. The molecule has 0 radical (unpaired) electrons. The maximum atomic E-state index is 14.5. The third kappa shape index (κ3) is 6.20. The summed E-state index contributed by atoms with van der Waals surface area (Å²) in [6.45, 7) is 6.89. The van der Waals surface area contributed by atoms with Crippen molar-refractivity contribution in [2.24, 2.45) is 22.2 Å². The summed E-state index contributed by atoms with van der Waals surface area (Å²) < 4.78 is 14.5. The van der Waals surface area contributed by atoms with Crippen LogP contribution >= 0.6 is 11.6 Å². The van der Waals surface area contributed by atoms with Gasteiger partial charge in [0, 0.05) is 16.1 Å². The minimum absolute atomic E-state index is 0.156. The summed E-state index contributed by atoms with van der Waals surface area (Å²) >= 11 is 6.23. The number of H-pyrrole nitrogens is 1. The first-order valence-electron chi connectivity index (χ1n) is 15.0. The van der Waals surface area contributed by atoms with Gasteiger partial charge in [-0.05, 0) is 98.1 Å². The van der Waals surface area contributed by atoms with Crippen molar-refractivity contribution >= 4 is 29.1 Å². The molecule has 3 aromatic rings. The standard InChI is InChI=1S/C32H37ClFN7O2/c1-19-12-20(2)17-32(16-19)36-28(23-13-24(33)15-25(34)14-23)30(43)41(32)26(8-9-31(3)10-11-31)21-4-6-22(7-5-21)29(42)35-18-27-37-39-40-38-27/h4-7,13-15,19-20,26H,8-12,16-18H2,1-3H3,(H,35,42)(H,37,38,39,40)/t19?,20?,26-,32?/m1/s1. The van der Waals surface area contributed by atoms with Crippen LogP contribution in [0.15, 0.2) is 47.5 Å². The van der Waals surface area contributed by atoms with Crippen LogP contribution in [0.2, 0.25) is 5.02 Å². The number of aromatic amines is 1. The second-order valence-electron chi connectivity index (χ2n) is 13.1. The topological polar surface area (TPSA) is 116 Å². The molecule has 2 fully saturated rings. The van der Waals surface area contributed by atoms with E-state index >= 15 is 0 Å². The van der Waals surface area contributed by atoms with E-state index in [0.717, 1.165) is 37.7 Å². The SMILES string of the molecule is CC1CC(C)CC2(C1)N=C(c1cc(F)cc(Cl)c1)C(=O)N2[C@H](CCC1(C)CC1)c1ccc(C(=O)NCc2nn[nH]n2)cc1. The second kappa shape index (κ2) is 11.4. The van der Waals surface area contributed by atoms with E-state index in [1.807, 2.05) is 17.0 Å². The smallest absolute Gasteiger partial charge is 0.275 e. The van der Waals surface area contributed by atoms with Gasteiger partial charge in [0.15, 0.2) is 5.82 Å². The summed E-state index contributed by atoms with van der Waals surface area (Å²) in [5.74, 6) is 0.173. The molecule has 2 unspecified atom stereocenters. The molecule has 0 saturated heterocycles. The van der Waals surface area contributed by atoms with Crippen LogP contribution in [0, 0.1) is 23.1 Å². The molecule has 2 N–H and O–H groups in total. The van der Waals surface area contributed by atoms with Crippen molar-refractivity contribution in [3.63, 3.8) is 0 Å². The Bertz CT molecular complexity index is 1510. The molecular formula is C32H37ClFN7O2. The van der Waals surface area contributed by atoms with Crippen LogP contribution in [-0.2, 0) is 11.3 Å². The summed E-state index contributed by atoms with van der Waals surface area (Å²) in [5, 5.41) is 16.7. The molecule has 11 heteroatoms. The summed E-state index contributed by atoms with van der Waals surface area (Å²) in [7, 11) is 0. The molecule has 6 rings (SSSR count). The second-order valence-corrected chi connectivity index (χ2v) is 13.6. The van der Waals surface area contributed by atoms with Gasteiger partial charge in [0.2, 0.25) is 0 Å². The highest BCUT2D eigenvalue weighted by Gasteiger charge is 2.53. The van der Waals surface area contributed by atoms with E-state index in [1.54, 1.807) is 18.2 Å². The third-order valence-corrected chi connectivity index (χ3v) is 9.49. The number of benzene rings is 2. The normalized spacial score (nSPS) is 25.1. The number of tetrazole rings is 1. The molecule has 0 bridgehead atoms. The average Bonchev–Trinajstić information content (AvgIpc) is 3.34. The van der Waals surface area contributed by atoms with Gasteiger partial charge >= 0.3 is 0 Å². The molecule has 3 atom stereocenters. The first-order valence-corrected chi connectivity index (χ1v) is 15.4. The van der Waals surface area contributed by atoms with Crippen molar-refractivity contribution < 1.29 is 14.0 Å². The van der Waals surface area contributed by atoms with Gasteiger partial charge < -0.3 is 10.2 Å². The number of hydrogen-bond acceptors (Lipinski definition) is 6. The summed E-state index contributed by atoms with van der Waals surface area (Å²) in [4.78, 5) is 34.5. The molecule has 2 aliphatic carbocycles. The summed E-state index contributed by atoms with van der Waals surface area (Å²) in [5.41, 5.74) is 1.65. The van der Waals surface area contributed by atoms with Crippen molar-refractivity contribution in [3.8, 4) is 0 Å². The number of halogens is 2. The van der Waals surface area contributed by atoms with Crippen LogP contribution in [0.4, 0.5) is 4.39 Å². The van der Waals surface area contributed by atoms with Crippen molar-refractivity contribution in [3.05, 3.63) is 75.8 Å². The number of hydrogen-bond donors (Lipinski definition) is 2. The van der Waals surface area contributed by atoms with Gasteiger partial charge in [0.1, 0.15) is 17.2 Å². The Labute approximate surface area is 255 Å². The Morgan fingerprint density at radius 3 is 2.51 bits per heavy atom. The molecule has 2 saturated carbocycles. The quantitative estimate of drug-likeness (QED) is 0.309. The molecule has 1 aliphatic heterocycles. The van der Waals surface area contributed by atoms with E-state index in [2.05, 4.69) is 46.7 Å². The number of aromatic nitrogens is 4. The lowest BCUT2D eigenvalue weighted by Gasteiger charge is -2.47. The predicted octanol–water partition coefficient (Wildman–Crippen LogP) is 6.03. The number of carbonyl (C=O) groups is 2. The molecule has 226 valence electrons. The molecule has 9 nitrogen and oxygen atoms in total. The zero-order valence-electron chi connectivity index (χ0n) is 24.7. The number of nitrogens with one attached hydrogen (secondary N) is 2. The van der Waals surface area contributed by atoms with Crippen molar-refractivity contribution in [2.45, 2.75) is 84.0 Å². The third-order valence-electron chi connectivity index (χ3n) is 9.27. The van der Waals surface area contributed by atoms with E-state index in [9.17, 15) is 14.0 Å². The van der Waals surface area contributed by atoms with Crippen LogP contribution in [0.3, 0.4) is 0 Å². The molecule has 1 spiro atoms. The van der Waals surface area contributed by atoms with Crippen molar-refractivity contribution in [1.82, 2.24) is 30.8 Å². The van der Waals surface area contributed by atoms with Crippen LogP contribution < -0.4 is 5.32 Å². The van der Waals surface area contributed by atoms with Gasteiger partial charge in [0.05, 0.1) is 12.6 Å². The van der Waals surface area contributed by atoms with E-state index in [1.165, 1.54) is 25.0 Å². The maximum Gasteiger partial charge on any atom is 0.275 e. The lowest BCUT2D eigenvalue weighted by molar-refractivity contribution is -0.134. The Kier molecular flexibility index (Phi) is 7.83.